The number of nitrogens with one attached hydrogen (secondary N) is 1. The minimum Gasteiger partial charge on any atom is -0.677 e. The van der Waals surface area contributed by atoms with Gasteiger partial charge in [-0.15, -0.1) is 6.54 Å². The third kappa shape index (κ3) is 2.07. The van der Waals surface area contributed by atoms with Crippen LogP contribution in [-0.4, -0.2) is 6.54 Å². The lowest BCUT2D eigenvalue weighted by Crippen LogP contribution is -2.33. The molecule has 1 heteroatoms. The van der Waals surface area contributed by atoms with Crippen LogP contribution < -0.4 is 0 Å². The van der Waals surface area contributed by atoms with Gasteiger partial charge in [0.15, 0.2) is 0 Å². The summed E-state index contributed by atoms with van der Waals surface area (Å²) >= 11 is 0. The van der Waals surface area contributed by atoms with E-state index in [1.807, 2.05) is 0 Å². The maximum Gasteiger partial charge on any atom is -0.0236 e. The molecule has 0 unspecified atom stereocenters. The second-order valence-corrected chi connectivity index (χ2v) is 5.01. The Hall–Kier alpha value is -0.820. The fraction of sp³-hybridized carbons (Fsp3) is 0.571. The lowest BCUT2D eigenvalue weighted by Gasteiger charge is -2.42. The molecule has 1 fully saturated rings. The molecule has 1 aliphatic rings. The summed E-state index contributed by atoms with van der Waals surface area (Å²) in [6, 6.07) is 10.7. The summed E-state index contributed by atoms with van der Waals surface area (Å²) < 4.78 is 0. The van der Waals surface area contributed by atoms with Gasteiger partial charge in [0.25, 0.3) is 0 Å². The van der Waals surface area contributed by atoms with Crippen molar-refractivity contribution in [3.8, 4) is 0 Å². The lowest BCUT2D eigenvalue weighted by molar-refractivity contribution is 0.257. The summed E-state index contributed by atoms with van der Waals surface area (Å²) in [7, 11) is 0. The number of rotatable bonds is 2. The van der Waals surface area contributed by atoms with Gasteiger partial charge in [0.2, 0.25) is 0 Å². The first-order chi connectivity index (χ1) is 7.27. The molecule has 1 aromatic carbocycles. The van der Waals surface area contributed by atoms with Gasteiger partial charge in [0, 0.05) is 0 Å². The smallest absolute Gasteiger partial charge is 0.0236 e. The average molecular weight is 202 g/mol. The number of benzene rings is 1. The second kappa shape index (κ2) is 4.36. The van der Waals surface area contributed by atoms with Gasteiger partial charge >= 0.3 is 0 Å². The predicted molar refractivity (Wildman–Crippen MR) is 64.9 cm³/mol. The summed E-state index contributed by atoms with van der Waals surface area (Å²) in [6.07, 6.45) is 4.96. The van der Waals surface area contributed by atoms with Crippen LogP contribution >= 0.6 is 0 Å². The maximum atomic E-state index is 7.85. The van der Waals surface area contributed by atoms with E-state index < -0.39 is 0 Å². The van der Waals surface area contributed by atoms with Gasteiger partial charge < -0.3 is 5.73 Å². The Morgan fingerprint density at radius 3 is 2.33 bits per heavy atom. The first-order valence-electron chi connectivity index (χ1n) is 5.97. The number of hydrogen-bond donors (Lipinski definition) is 0. The standard InChI is InChI=1S/C14H20N/c1-12-7-9-14(11-15,10-8-12)13-5-3-2-4-6-13/h2-6,12,15H,7-11H2,1H3/q-1. The van der Waals surface area contributed by atoms with Gasteiger partial charge in [-0.3, -0.25) is 0 Å². The lowest BCUT2D eigenvalue weighted by atomic mass is 9.67. The SMILES string of the molecule is CC1CCC(C[NH-])(c2ccccc2)CC1. The molecule has 1 saturated carbocycles. The normalized spacial score (nSPS) is 31.5. The van der Waals surface area contributed by atoms with Crippen molar-refractivity contribution in [1.82, 2.24) is 0 Å². The van der Waals surface area contributed by atoms with E-state index in [2.05, 4.69) is 37.3 Å². The van der Waals surface area contributed by atoms with Crippen molar-refractivity contribution < 1.29 is 0 Å². The minimum absolute atomic E-state index is 0.160. The summed E-state index contributed by atoms with van der Waals surface area (Å²) in [5.41, 5.74) is 9.39. The van der Waals surface area contributed by atoms with E-state index in [1.165, 1.54) is 31.2 Å². The third-order valence-corrected chi connectivity index (χ3v) is 3.96. The highest BCUT2D eigenvalue weighted by molar-refractivity contribution is 5.27. The molecule has 1 nitrogen and oxygen atoms in total. The molecule has 0 aliphatic heterocycles. The van der Waals surface area contributed by atoms with Crippen LogP contribution in [0.15, 0.2) is 30.3 Å². The zero-order valence-electron chi connectivity index (χ0n) is 9.50. The highest BCUT2D eigenvalue weighted by Gasteiger charge is 2.31. The van der Waals surface area contributed by atoms with Crippen LogP contribution in [0.2, 0.25) is 0 Å². The summed E-state index contributed by atoms with van der Waals surface area (Å²) in [5, 5.41) is 0. The average Bonchev–Trinajstić information content (AvgIpc) is 2.32. The molecule has 1 N–H and O–H groups in total. The van der Waals surface area contributed by atoms with Crippen LogP contribution in [0.1, 0.15) is 38.2 Å². The molecular weight excluding hydrogens is 182 g/mol. The number of hydrogen-bond acceptors (Lipinski definition) is 0. The molecule has 15 heavy (non-hydrogen) atoms. The summed E-state index contributed by atoms with van der Waals surface area (Å²) in [4.78, 5) is 0. The van der Waals surface area contributed by atoms with E-state index in [-0.39, 0.29) is 5.41 Å². The molecule has 0 bridgehead atoms. The molecule has 0 atom stereocenters. The monoisotopic (exact) mass is 202 g/mol. The van der Waals surface area contributed by atoms with Crippen LogP contribution in [-0.2, 0) is 5.41 Å². The van der Waals surface area contributed by atoms with Crippen LogP contribution in [0.3, 0.4) is 0 Å². The van der Waals surface area contributed by atoms with E-state index in [0.717, 1.165) is 5.92 Å². The molecule has 1 aromatic rings. The van der Waals surface area contributed by atoms with Crippen molar-refractivity contribution in [3.63, 3.8) is 0 Å². The highest BCUT2D eigenvalue weighted by atomic mass is 14.6. The van der Waals surface area contributed by atoms with Gasteiger partial charge in [0.1, 0.15) is 0 Å². The Bertz CT molecular complexity index is 296. The molecular formula is C14H20N-. The van der Waals surface area contributed by atoms with Crippen LogP contribution in [0.4, 0.5) is 0 Å². The van der Waals surface area contributed by atoms with Gasteiger partial charge in [-0.25, -0.2) is 0 Å². The summed E-state index contributed by atoms with van der Waals surface area (Å²) in [6.45, 7) is 2.88. The van der Waals surface area contributed by atoms with Gasteiger partial charge in [0.05, 0.1) is 0 Å². The van der Waals surface area contributed by atoms with Gasteiger partial charge in [-0.1, -0.05) is 37.3 Å². The Balaban J connectivity index is 2.23. The van der Waals surface area contributed by atoms with Gasteiger partial charge in [-0.05, 0) is 42.6 Å². The van der Waals surface area contributed by atoms with E-state index in [0.29, 0.717) is 6.54 Å². The van der Waals surface area contributed by atoms with Crippen molar-refractivity contribution >= 4 is 0 Å². The Morgan fingerprint density at radius 1 is 1.20 bits per heavy atom. The molecule has 0 saturated heterocycles. The second-order valence-electron chi connectivity index (χ2n) is 5.01. The largest absolute Gasteiger partial charge is 0.677 e. The Morgan fingerprint density at radius 2 is 1.80 bits per heavy atom. The molecule has 0 radical (unpaired) electrons. The zero-order chi connectivity index (χ0) is 10.7. The van der Waals surface area contributed by atoms with Crippen molar-refractivity contribution in [2.24, 2.45) is 5.92 Å². The zero-order valence-corrected chi connectivity index (χ0v) is 9.50. The Kier molecular flexibility index (Phi) is 3.11. The van der Waals surface area contributed by atoms with E-state index in [1.54, 1.807) is 0 Å². The van der Waals surface area contributed by atoms with E-state index in [9.17, 15) is 0 Å². The molecule has 0 spiro atoms. The van der Waals surface area contributed by atoms with Crippen molar-refractivity contribution in [1.29, 1.82) is 0 Å². The van der Waals surface area contributed by atoms with Crippen molar-refractivity contribution in [2.45, 2.75) is 38.0 Å². The van der Waals surface area contributed by atoms with Crippen LogP contribution in [0.5, 0.6) is 0 Å². The summed E-state index contributed by atoms with van der Waals surface area (Å²) in [5.74, 6) is 0.855. The van der Waals surface area contributed by atoms with Gasteiger partial charge in [-0.2, -0.15) is 0 Å². The molecule has 0 amide bonds. The molecule has 82 valence electrons. The van der Waals surface area contributed by atoms with Crippen LogP contribution in [0.25, 0.3) is 5.73 Å². The third-order valence-electron chi connectivity index (χ3n) is 3.96. The molecule has 1 aliphatic carbocycles. The highest BCUT2D eigenvalue weighted by Crippen LogP contribution is 2.41. The maximum absolute atomic E-state index is 7.85. The van der Waals surface area contributed by atoms with Crippen molar-refractivity contribution in [2.75, 3.05) is 6.54 Å². The predicted octanol–water partition coefficient (Wildman–Crippen LogP) is 4.19. The molecule has 2 rings (SSSR count). The first-order valence-corrected chi connectivity index (χ1v) is 5.97. The fourth-order valence-corrected chi connectivity index (χ4v) is 2.67. The molecule has 0 aromatic heterocycles. The topological polar surface area (TPSA) is 23.8 Å². The Labute approximate surface area is 92.7 Å². The van der Waals surface area contributed by atoms with Crippen LogP contribution in [0, 0.1) is 5.92 Å². The molecule has 0 heterocycles. The van der Waals surface area contributed by atoms with E-state index >= 15 is 0 Å². The minimum atomic E-state index is 0.160. The van der Waals surface area contributed by atoms with E-state index in [4.69, 9.17) is 5.73 Å². The fourth-order valence-electron chi connectivity index (χ4n) is 2.67. The first kappa shape index (κ1) is 10.7. The quantitative estimate of drug-likeness (QED) is 0.686. The van der Waals surface area contributed by atoms with Crippen molar-refractivity contribution in [3.05, 3.63) is 41.6 Å².